The lowest BCUT2D eigenvalue weighted by atomic mass is 10.4. The van der Waals surface area contributed by atoms with Gasteiger partial charge in [0.25, 0.3) is 0 Å². The van der Waals surface area contributed by atoms with Crippen LogP contribution in [0.15, 0.2) is 18.2 Å². The maximum Gasteiger partial charge on any atom is 0.128 e. The van der Waals surface area contributed by atoms with Gasteiger partial charge in [0.05, 0.1) is 0 Å². The Morgan fingerprint density at radius 2 is 2.15 bits per heavy atom. The third-order valence-electron chi connectivity index (χ3n) is 1.62. The number of rotatable bonds is 5. The second-order valence-corrected chi connectivity index (χ2v) is 3.56. The van der Waals surface area contributed by atoms with Gasteiger partial charge >= 0.3 is 0 Å². The average Bonchev–Trinajstić information content (AvgIpc) is 2.19. The summed E-state index contributed by atoms with van der Waals surface area (Å²) in [6, 6.07) is 5.90. The molecule has 0 bridgehead atoms. The summed E-state index contributed by atoms with van der Waals surface area (Å²) in [5, 5.41) is 6.25. The van der Waals surface area contributed by atoms with Gasteiger partial charge in [0.1, 0.15) is 11.6 Å². The molecule has 0 amide bonds. The summed E-state index contributed by atoms with van der Waals surface area (Å²) >= 11 is 1.82. The molecule has 0 spiro atoms. The van der Waals surface area contributed by atoms with Crippen LogP contribution in [0, 0.1) is 0 Å². The molecule has 1 rings (SSSR count). The van der Waals surface area contributed by atoms with Crippen LogP contribution >= 0.6 is 11.8 Å². The summed E-state index contributed by atoms with van der Waals surface area (Å²) in [4.78, 5) is 4.33. The van der Waals surface area contributed by atoms with Gasteiger partial charge in [-0.25, -0.2) is 4.98 Å². The van der Waals surface area contributed by atoms with Gasteiger partial charge in [0, 0.05) is 19.3 Å². The van der Waals surface area contributed by atoms with Crippen LogP contribution in [-0.4, -0.2) is 30.6 Å². The Morgan fingerprint density at radius 1 is 1.38 bits per heavy atom. The molecule has 0 saturated carbocycles. The summed E-state index contributed by atoms with van der Waals surface area (Å²) in [6.45, 7) is 0.960. The van der Waals surface area contributed by atoms with E-state index in [2.05, 4.69) is 21.9 Å². The maximum atomic E-state index is 4.33. The monoisotopic (exact) mass is 197 g/mol. The highest BCUT2D eigenvalue weighted by molar-refractivity contribution is 7.98. The van der Waals surface area contributed by atoms with E-state index < -0.39 is 0 Å². The molecule has 0 fully saturated rings. The molecule has 0 aliphatic carbocycles. The smallest absolute Gasteiger partial charge is 0.128 e. The molecular formula is C9H15N3S. The van der Waals surface area contributed by atoms with Crippen molar-refractivity contribution in [1.29, 1.82) is 0 Å². The minimum Gasteiger partial charge on any atom is -0.373 e. The normalized spacial score (nSPS) is 9.69. The highest BCUT2D eigenvalue weighted by Gasteiger charge is 1.93. The number of hydrogen-bond donors (Lipinski definition) is 2. The second kappa shape index (κ2) is 5.70. The molecular weight excluding hydrogens is 182 g/mol. The van der Waals surface area contributed by atoms with Gasteiger partial charge in [0.2, 0.25) is 0 Å². The quantitative estimate of drug-likeness (QED) is 0.707. The van der Waals surface area contributed by atoms with Crippen LogP contribution in [0.3, 0.4) is 0 Å². The fourth-order valence-electron chi connectivity index (χ4n) is 0.954. The SMILES string of the molecule is CNc1cccc(NCCSC)n1. The molecule has 2 N–H and O–H groups in total. The second-order valence-electron chi connectivity index (χ2n) is 2.58. The van der Waals surface area contributed by atoms with E-state index in [1.54, 1.807) is 0 Å². The van der Waals surface area contributed by atoms with Crippen LogP contribution in [0.25, 0.3) is 0 Å². The molecule has 1 aromatic rings. The lowest BCUT2D eigenvalue weighted by molar-refractivity contribution is 1.17. The third kappa shape index (κ3) is 3.55. The lowest BCUT2D eigenvalue weighted by Crippen LogP contribution is -2.06. The fourth-order valence-corrected chi connectivity index (χ4v) is 1.26. The van der Waals surface area contributed by atoms with Crippen LogP contribution in [0.4, 0.5) is 11.6 Å². The molecule has 0 aliphatic rings. The van der Waals surface area contributed by atoms with E-state index in [0.717, 1.165) is 23.9 Å². The van der Waals surface area contributed by atoms with Crippen molar-refractivity contribution in [3.05, 3.63) is 18.2 Å². The summed E-state index contributed by atoms with van der Waals surface area (Å²) in [6.07, 6.45) is 2.10. The zero-order valence-electron chi connectivity index (χ0n) is 8.00. The first-order valence-electron chi connectivity index (χ1n) is 4.24. The summed E-state index contributed by atoms with van der Waals surface area (Å²) < 4.78 is 0. The fraction of sp³-hybridized carbons (Fsp3) is 0.444. The molecule has 0 unspecified atom stereocenters. The zero-order valence-corrected chi connectivity index (χ0v) is 8.82. The van der Waals surface area contributed by atoms with Crippen molar-refractivity contribution in [1.82, 2.24) is 4.98 Å². The van der Waals surface area contributed by atoms with Gasteiger partial charge in [-0.2, -0.15) is 11.8 Å². The van der Waals surface area contributed by atoms with Crippen LogP contribution in [0.1, 0.15) is 0 Å². The zero-order chi connectivity index (χ0) is 9.52. The van der Waals surface area contributed by atoms with E-state index in [1.165, 1.54) is 0 Å². The minimum absolute atomic E-state index is 0.897. The van der Waals surface area contributed by atoms with Crippen LogP contribution in [0.5, 0.6) is 0 Å². The predicted octanol–water partition coefficient (Wildman–Crippen LogP) is 1.90. The number of anilines is 2. The van der Waals surface area contributed by atoms with Crippen molar-refractivity contribution in [3.8, 4) is 0 Å². The Labute approximate surface area is 83.3 Å². The van der Waals surface area contributed by atoms with Crippen molar-refractivity contribution in [2.45, 2.75) is 0 Å². The van der Waals surface area contributed by atoms with Crippen molar-refractivity contribution in [2.75, 3.05) is 36.2 Å². The Kier molecular flexibility index (Phi) is 4.46. The molecule has 3 nitrogen and oxygen atoms in total. The van der Waals surface area contributed by atoms with E-state index in [9.17, 15) is 0 Å². The van der Waals surface area contributed by atoms with Crippen molar-refractivity contribution >= 4 is 23.4 Å². The molecule has 1 aromatic heterocycles. The number of pyridine rings is 1. The van der Waals surface area contributed by atoms with Crippen LogP contribution in [-0.2, 0) is 0 Å². The first kappa shape index (κ1) is 10.2. The average molecular weight is 197 g/mol. The number of aromatic nitrogens is 1. The van der Waals surface area contributed by atoms with Crippen molar-refractivity contribution in [2.24, 2.45) is 0 Å². The third-order valence-corrected chi connectivity index (χ3v) is 2.23. The highest BCUT2D eigenvalue weighted by Crippen LogP contribution is 2.07. The number of thioether (sulfide) groups is 1. The van der Waals surface area contributed by atoms with E-state index in [1.807, 2.05) is 37.0 Å². The van der Waals surface area contributed by atoms with Gasteiger partial charge in [-0.1, -0.05) is 6.07 Å². The van der Waals surface area contributed by atoms with Gasteiger partial charge in [-0.05, 0) is 18.4 Å². The van der Waals surface area contributed by atoms with E-state index in [0.29, 0.717) is 0 Å². The predicted molar refractivity (Wildman–Crippen MR) is 60.7 cm³/mol. The minimum atomic E-state index is 0.897. The Bertz CT molecular complexity index is 252. The molecule has 0 aromatic carbocycles. The Balaban J connectivity index is 2.46. The van der Waals surface area contributed by atoms with Crippen molar-refractivity contribution < 1.29 is 0 Å². The molecule has 72 valence electrons. The molecule has 0 saturated heterocycles. The number of hydrogen-bond acceptors (Lipinski definition) is 4. The number of nitrogens with one attached hydrogen (secondary N) is 2. The van der Waals surface area contributed by atoms with Gasteiger partial charge in [0.15, 0.2) is 0 Å². The molecule has 0 radical (unpaired) electrons. The summed E-state index contributed by atoms with van der Waals surface area (Å²) in [5.74, 6) is 2.93. The standard InChI is InChI=1S/C9H15N3S/c1-10-8-4-3-5-9(12-8)11-6-7-13-2/h3-5H,6-7H2,1-2H3,(H2,10,11,12). The summed E-state index contributed by atoms with van der Waals surface area (Å²) in [7, 11) is 1.87. The molecule has 13 heavy (non-hydrogen) atoms. The van der Waals surface area contributed by atoms with Gasteiger partial charge < -0.3 is 10.6 Å². The van der Waals surface area contributed by atoms with E-state index in [4.69, 9.17) is 0 Å². The van der Waals surface area contributed by atoms with Gasteiger partial charge in [-0.15, -0.1) is 0 Å². The highest BCUT2D eigenvalue weighted by atomic mass is 32.2. The lowest BCUT2D eigenvalue weighted by Gasteiger charge is -2.05. The molecule has 0 atom stereocenters. The molecule has 4 heteroatoms. The topological polar surface area (TPSA) is 37.0 Å². The van der Waals surface area contributed by atoms with Crippen LogP contribution < -0.4 is 10.6 Å². The largest absolute Gasteiger partial charge is 0.373 e. The molecule has 0 aliphatic heterocycles. The summed E-state index contributed by atoms with van der Waals surface area (Å²) in [5.41, 5.74) is 0. The first-order chi connectivity index (χ1) is 6.36. The molecule has 1 heterocycles. The maximum absolute atomic E-state index is 4.33. The van der Waals surface area contributed by atoms with E-state index in [-0.39, 0.29) is 0 Å². The Morgan fingerprint density at radius 3 is 2.85 bits per heavy atom. The van der Waals surface area contributed by atoms with Gasteiger partial charge in [-0.3, -0.25) is 0 Å². The van der Waals surface area contributed by atoms with Crippen LogP contribution in [0.2, 0.25) is 0 Å². The van der Waals surface area contributed by atoms with E-state index >= 15 is 0 Å². The first-order valence-corrected chi connectivity index (χ1v) is 5.64. The number of nitrogens with zero attached hydrogens (tertiary/aromatic N) is 1. The Hall–Kier alpha value is -0.900. The van der Waals surface area contributed by atoms with Crippen molar-refractivity contribution in [3.63, 3.8) is 0 Å².